The molecule has 0 aliphatic heterocycles. The molecule has 0 amide bonds. The van der Waals surface area contributed by atoms with Gasteiger partial charge < -0.3 is 5.73 Å². The van der Waals surface area contributed by atoms with E-state index < -0.39 is 20.7 Å². The lowest BCUT2D eigenvalue weighted by Gasteiger charge is -2.09. The number of hydrogen-bond acceptors (Lipinski definition) is 5. The maximum absolute atomic E-state index is 13.8. The van der Waals surface area contributed by atoms with Crippen molar-refractivity contribution >= 4 is 27.0 Å². The summed E-state index contributed by atoms with van der Waals surface area (Å²) in [5.74, 6) is -0.806. The summed E-state index contributed by atoms with van der Waals surface area (Å²) < 4.78 is 40.3. The van der Waals surface area contributed by atoms with Gasteiger partial charge in [-0.1, -0.05) is 0 Å². The van der Waals surface area contributed by atoms with Crippen molar-refractivity contribution in [2.45, 2.75) is 25.2 Å². The number of aromatic nitrogens is 1. The molecule has 1 heterocycles. The van der Waals surface area contributed by atoms with Gasteiger partial charge in [-0.3, -0.25) is 0 Å². The lowest BCUT2D eigenvalue weighted by atomic mass is 10.2. The molecule has 21 heavy (non-hydrogen) atoms. The Kier molecular flexibility index (Phi) is 4.60. The third-order valence-corrected chi connectivity index (χ3v) is 5.41. The summed E-state index contributed by atoms with van der Waals surface area (Å²) >= 11 is 1.46. The summed E-state index contributed by atoms with van der Waals surface area (Å²) in [4.78, 5) is 3.81. The van der Waals surface area contributed by atoms with Gasteiger partial charge in [0.2, 0.25) is 10.0 Å². The van der Waals surface area contributed by atoms with Gasteiger partial charge in [-0.25, -0.2) is 22.5 Å². The van der Waals surface area contributed by atoms with Crippen LogP contribution in [0.25, 0.3) is 0 Å². The maximum Gasteiger partial charge on any atom is 0.243 e. The number of benzene rings is 1. The smallest absolute Gasteiger partial charge is 0.243 e. The van der Waals surface area contributed by atoms with Crippen LogP contribution in [0.2, 0.25) is 0 Å². The molecule has 1 aromatic carbocycles. The molecule has 0 saturated heterocycles. The van der Waals surface area contributed by atoms with Crippen molar-refractivity contribution in [3.05, 3.63) is 39.6 Å². The highest BCUT2D eigenvalue weighted by atomic mass is 32.2. The Hall–Kier alpha value is -1.51. The third kappa shape index (κ3) is 3.78. The molecule has 2 aromatic rings. The van der Waals surface area contributed by atoms with E-state index >= 15 is 0 Å². The molecule has 0 spiro atoms. The van der Waals surface area contributed by atoms with Crippen LogP contribution in [0.4, 0.5) is 10.1 Å². The first-order valence-corrected chi connectivity index (χ1v) is 8.62. The van der Waals surface area contributed by atoms with Crippen LogP contribution in [0.3, 0.4) is 0 Å². The van der Waals surface area contributed by atoms with Gasteiger partial charge in [-0.15, -0.1) is 11.3 Å². The van der Waals surface area contributed by atoms with Crippen molar-refractivity contribution in [2.75, 3.05) is 12.3 Å². The van der Waals surface area contributed by atoms with Crippen LogP contribution in [-0.2, 0) is 16.4 Å². The SMILES string of the molecule is Cc1csc(CCNS(=O)(=O)c2cc(N)c(C)cc2F)n1. The van der Waals surface area contributed by atoms with Crippen LogP contribution < -0.4 is 10.5 Å². The van der Waals surface area contributed by atoms with Crippen LogP contribution in [0, 0.1) is 19.7 Å². The molecule has 1 aromatic heterocycles. The minimum atomic E-state index is -3.92. The molecule has 5 nitrogen and oxygen atoms in total. The summed E-state index contributed by atoms with van der Waals surface area (Å²) in [6, 6.07) is 2.26. The highest BCUT2D eigenvalue weighted by Gasteiger charge is 2.20. The second kappa shape index (κ2) is 6.08. The minimum Gasteiger partial charge on any atom is -0.398 e. The van der Waals surface area contributed by atoms with Gasteiger partial charge in [0, 0.05) is 29.7 Å². The molecule has 0 fully saturated rings. The minimum absolute atomic E-state index is 0.155. The normalized spacial score (nSPS) is 11.8. The Bertz CT molecular complexity index is 757. The van der Waals surface area contributed by atoms with Gasteiger partial charge >= 0.3 is 0 Å². The van der Waals surface area contributed by atoms with Crippen molar-refractivity contribution in [2.24, 2.45) is 0 Å². The molecule has 2 rings (SSSR count). The second-order valence-electron chi connectivity index (χ2n) is 4.67. The fourth-order valence-corrected chi connectivity index (χ4v) is 3.66. The number of nitrogens with one attached hydrogen (secondary N) is 1. The van der Waals surface area contributed by atoms with Crippen molar-refractivity contribution in [3.8, 4) is 0 Å². The predicted octanol–water partition coefficient (Wildman–Crippen LogP) is 2.00. The highest BCUT2D eigenvalue weighted by Crippen LogP contribution is 2.21. The van der Waals surface area contributed by atoms with Crippen molar-refractivity contribution in [1.82, 2.24) is 9.71 Å². The molecule has 0 aliphatic carbocycles. The van der Waals surface area contributed by atoms with Crippen LogP contribution in [-0.4, -0.2) is 19.9 Å². The Morgan fingerprint density at radius 1 is 1.38 bits per heavy atom. The number of nitrogens with zero attached hydrogens (tertiary/aromatic N) is 1. The fourth-order valence-electron chi connectivity index (χ4n) is 1.76. The van der Waals surface area contributed by atoms with E-state index in [9.17, 15) is 12.8 Å². The Labute approximate surface area is 127 Å². The quantitative estimate of drug-likeness (QED) is 0.822. The maximum atomic E-state index is 13.8. The Morgan fingerprint density at radius 3 is 2.71 bits per heavy atom. The number of anilines is 1. The van der Waals surface area contributed by atoms with Gasteiger partial charge in [-0.2, -0.15) is 0 Å². The van der Waals surface area contributed by atoms with Crippen LogP contribution >= 0.6 is 11.3 Å². The summed E-state index contributed by atoms with van der Waals surface area (Å²) in [6.07, 6.45) is 0.459. The van der Waals surface area contributed by atoms with E-state index in [4.69, 9.17) is 5.73 Å². The average Bonchev–Trinajstić information content (AvgIpc) is 2.79. The van der Waals surface area contributed by atoms with E-state index in [2.05, 4.69) is 9.71 Å². The zero-order chi connectivity index (χ0) is 15.6. The number of thiazole rings is 1. The molecule has 0 aliphatic rings. The predicted molar refractivity (Wildman–Crippen MR) is 81.3 cm³/mol. The number of nitrogen functional groups attached to an aromatic ring is 1. The molecule has 3 N–H and O–H groups in total. The van der Waals surface area contributed by atoms with Crippen LogP contribution in [0.1, 0.15) is 16.3 Å². The van der Waals surface area contributed by atoms with E-state index in [1.807, 2.05) is 12.3 Å². The van der Waals surface area contributed by atoms with E-state index in [1.165, 1.54) is 11.3 Å². The molecule has 0 atom stereocenters. The van der Waals surface area contributed by atoms with Crippen LogP contribution in [0.5, 0.6) is 0 Å². The first-order chi connectivity index (χ1) is 9.79. The third-order valence-electron chi connectivity index (χ3n) is 2.91. The lowest BCUT2D eigenvalue weighted by molar-refractivity contribution is 0.557. The molecule has 0 bridgehead atoms. The Morgan fingerprint density at radius 2 is 2.10 bits per heavy atom. The molecule has 0 saturated carbocycles. The summed E-state index contributed by atoms with van der Waals surface area (Å²) in [7, 11) is -3.92. The van der Waals surface area contributed by atoms with Crippen molar-refractivity contribution in [1.29, 1.82) is 0 Å². The standard InChI is InChI=1S/C13H16FN3O2S2/c1-8-5-10(14)12(6-11(8)15)21(18,19)16-4-3-13-17-9(2)7-20-13/h5-7,16H,3-4,15H2,1-2H3. The van der Waals surface area contributed by atoms with E-state index in [0.29, 0.717) is 12.0 Å². The Balaban J connectivity index is 2.10. The lowest BCUT2D eigenvalue weighted by Crippen LogP contribution is -2.27. The molecular formula is C13H16FN3O2S2. The summed E-state index contributed by atoms with van der Waals surface area (Å²) in [6.45, 7) is 3.64. The number of aryl methyl sites for hydroxylation is 2. The topological polar surface area (TPSA) is 85.1 Å². The molecule has 0 unspecified atom stereocenters. The zero-order valence-corrected chi connectivity index (χ0v) is 13.3. The van der Waals surface area contributed by atoms with Gasteiger partial charge in [0.05, 0.1) is 5.01 Å². The number of rotatable bonds is 5. The first-order valence-electron chi connectivity index (χ1n) is 6.26. The summed E-state index contributed by atoms with van der Waals surface area (Å²) in [5, 5.41) is 2.73. The van der Waals surface area contributed by atoms with E-state index in [-0.39, 0.29) is 12.2 Å². The summed E-state index contributed by atoms with van der Waals surface area (Å²) in [5.41, 5.74) is 7.29. The van der Waals surface area contributed by atoms with Gasteiger partial charge in [0.25, 0.3) is 0 Å². The molecule has 114 valence electrons. The number of nitrogens with two attached hydrogens (primary N) is 1. The van der Waals surface area contributed by atoms with Crippen molar-refractivity contribution in [3.63, 3.8) is 0 Å². The molecular weight excluding hydrogens is 313 g/mol. The zero-order valence-electron chi connectivity index (χ0n) is 11.7. The molecule has 0 radical (unpaired) electrons. The number of sulfonamides is 1. The largest absolute Gasteiger partial charge is 0.398 e. The van der Waals surface area contributed by atoms with Crippen LogP contribution in [0.15, 0.2) is 22.4 Å². The van der Waals surface area contributed by atoms with Gasteiger partial charge in [0.15, 0.2) is 0 Å². The van der Waals surface area contributed by atoms with Gasteiger partial charge in [-0.05, 0) is 31.5 Å². The van der Waals surface area contributed by atoms with Gasteiger partial charge in [0.1, 0.15) is 10.7 Å². The average molecular weight is 329 g/mol. The molecule has 8 heteroatoms. The number of halogens is 1. The monoisotopic (exact) mass is 329 g/mol. The number of hydrogen-bond donors (Lipinski definition) is 2. The van der Waals surface area contributed by atoms with E-state index in [0.717, 1.165) is 22.8 Å². The first kappa shape index (κ1) is 15.9. The fraction of sp³-hybridized carbons (Fsp3) is 0.308. The highest BCUT2D eigenvalue weighted by molar-refractivity contribution is 7.89. The van der Waals surface area contributed by atoms with Crippen molar-refractivity contribution < 1.29 is 12.8 Å². The second-order valence-corrected chi connectivity index (χ2v) is 7.35. The van der Waals surface area contributed by atoms with E-state index in [1.54, 1.807) is 6.92 Å².